The van der Waals surface area contributed by atoms with Gasteiger partial charge in [-0.15, -0.1) is 0 Å². The first kappa shape index (κ1) is 12.0. The highest BCUT2D eigenvalue weighted by atomic mass is 16.1. The van der Waals surface area contributed by atoms with Crippen molar-refractivity contribution in [3.8, 4) is 0 Å². The van der Waals surface area contributed by atoms with E-state index in [9.17, 15) is 9.59 Å². The number of hydrogen-bond acceptors (Lipinski definition) is 3. The second-order valence-electron chi connectivity index (χ2n) is 4.67. The van der Waals surface area contributed by atoms with Gasteiger partial charge < -0.3 is 0 Å². The molecule has 1 aliphatic carbocycles. The van der Waals surface area contributed by atoms with E-state index >= 15 is 0 Å². The first-order valence-electron chi connectivity index (χ1n) is 6.19. The number of ketones is 2. The largest absolute Gasteiger partial charge is 0.299 e. The quantitative estimate of drug-likeness (QED) is 0.593. The molecular formula is C14H17NO2. The lowest BCUT2D eigenvalue weighted by Gasteiger charge is -2.26. The summed E-state index contributed by atoms with van der Waals surface area (Å²) in [6.07, 6.45) is 6.45. The molecule has 2 rings (SSSR count). The number of rotatable bonds is 3. The molecular weight excluding hydrogens is 214 g/mol. The van der Waals surface area contributed by atoms with E-state index in [4.69, 9.17) is 0 Å². The van der Waals surface area contributed by atoms with Crippen LogP contribution in [0.2, 0.25) is 0 Å². The zero-order chi connectivity index (χ0) is 12.3. The standard InChI is InChI=1S/C14H17NO2/c1-2-10-3-4-13(16)12(9-10)14(17)11-5-7-15-8-6-11/h5-8,10,12H,2-4,9H2,1H3. The SMILES string of the molecule is CCC1CCC(=O)C(C(=O)c2ccncc2)C1. The maximum atomic E-state index is 12.2. The van der Waals surface area contributed by atoms with Gasteiger partial charge in [0.05, 0.1) is 5.92 Å². The van der Waals surface area contributed by atoms with Crippen molar-refractivity contribution in [2.75, 3.05) is 0 Å². The maximum absolute atomic E-state index is 12.2. The van der Waals surface area contributed by atoms with E-state index in [1.165, 1.54) is 0 Å². The van der Waals surface area contributed by atoms with Crippen LogP contribution in [0.3, 0.4) is 0 Å². The zero-order valence-corrected chi connectivity index (χ0v) is 10.1. The molecule has 0 N–H and O–H groups in total. The lowest BCUT2D eigenvalue weighted by molar-refractivity contribution is -0.123. The first-order valence-corrected chi connectivity index (χ1v) is 6.19. The van der Waals surface area contributed by atoms with Gasteiger partial charge in [-0.05, 0) is 30.9 Å². The summed E-state index contributed by atoms with van der Waals surface area (Å²) in [5, 5.41) is 0. The zero-order valence-electron chi connectivity index (χ0n) is 10.1. The fraction of sp³-hybridized carbons (Fsp3) is 0.500. The Morgan fingerprint density at radius 1 is 1.41 bits per heavy atom. The number of pyridine rings is 1. The topological polar surface area (TPSA) is 47.0 Å². The molecule has 90 valence electrons. The molecule has 1 aliphatic rings. The highest BCUT2D eigenvalue weighted by Gasteiger charge is 2.33. The van der Waals surface area contributed by atoms with Crippen LogP contribution in [-0.2, 0) is 4.79 Å². The van der Waals surface area contributed by atoms with Gasteiger partial charge in [-0.1, -0.05) is 13.3 Å². The van der Waals surface area contributed by atoms with Crippen molar-refractivity contribution in [2.45, 2.75) is 32.6 Å². The number of carbonyl (C=O) groups excluding carboxylic acids is 2. The second kappa shape index (κ2) is 5.21. The molecule has 3 heteroatoms. The fourth-order valence-corrected chi connectivity index (χ4v) is 2.44. The Balaban J connectivity index is 2.15. The Hall–Kier alpha value is -1.51. The number of nitrogens with zero attached hydrogens (tertiary/aromatic N) is 1. The van der Waals surface area contributed by atoms with Crippen LogP contribution in [0, 0.1) is 11.8 Å². The van der Waals surface area contributed by atoms with Crippen LogP contribution in [0.1, 0.15) is 43.0 Å². The molecule has 17 heavy (non-hydrogen) atoms. The number of aromatic nitrogens is 1. The Morgan fingerprint density at radius 2 is 2.12 bits per heavy atom. The molecule has 0 spiro atoms. The molecule has 1 saturated carbocycles. The van der Waals surface area contributed by atoms with Crippen molar-refractivity contribution in [3.05, 3.63) is 30.1 Å². The van der Waals surface area contributed by atoms with Crippen LogP contribution in [0.25, 0.3) is 0 Å². The van der Waals surface area contributed by atoms with Crippen molar-refractivity contribution in [2.24, 2.45) is 11.8 Å². The second-order valence-corrected chi connectivity index (χ2v) is 4.67. The normalized spacial score (nSPS) is 24.6. The van der Waals surface area contributed by atoms with Gasteiger partial charge in [0.25, 0.3) is 0 Å². The minimum atomic E-state index is -0.420. The summed E-state index contributed by atoms with van der Waals surface area (Å²) in [7, 11) is 0. The average Bonchev–Trinajstić information content (AvgIpc) is 2.39. The van der Waals surface area contributed by atoms with Gasteiger partial charge in [-0.25, -0.2) is 0 Å². The lowest BCUT2D eigenvalue weighted by Crippen LogP contribution is -2.31. The third kappa shape index (κ3) is 2.60. The monoisotopic (exact) mass is 231 g/mol. The van der Waals surface area contributed by atoms with Crippen LogP contribution in [0.5, 0.6) is 0 Å². The van der Waals surface area contributed by atoms with Crippen LogP contribution in [-0.4, -0.2) is 16.6 Å². The molecule has 0 aromatic carbocycles. The van der Waals surface area contributed by atoms with Gasteiger partial charge >= 0.3 is 0 Å². The molecule has 1 aromatic heterocycles. The molecule has 0 saturated heterocycles. The maximum Gasteiger partial charge on any atom is 0.173 e. The first-order chi connectivity index (χ1) is 8.22. The Bertz CT molecular complexity index is 413. The Labute approximate surface area is 101 Å². The van der Waals surface area contributed by atoms with Crippen molar-refractivity contribution in [3.63, 3.8) is 0 Å². The van der Waals surface area contributed by atoms with E-state index < -0.39 is 5.92 Å². The summed E-state index contributed by atoms with van der Waals surface area (Å²) in [6.45, 7) is 2.12. The van der Waals surface area contributed by atoms with E-state index in [0.717, 1.165) is 19.3 Å². The summed E-state index contributed by atoms with van der Waals surface area (Å²) < 4.78 is 0. The van der Waals surface area contributed by atoms with Crippen LogP contribution >= 0.6 is 0 Å². The molecule has 0 amide bonds. The van der Waals surface area contributed by atoms with Crippen LogP contribution in [0.4, 0.5) is 0 Å². The van der Waals surface area contributed by atoms with Crippen LogP contribution in [0.15, 0.2) is 24.5 Å². The van der Waals surface area contributed by atoms with Gasteiger partial charge in [0.2, 0.25) is 0 Å². The summed E-state index contributed by atoms with van der Waals surface area (Å²) >= 11 is 0. The van der Waals surface area contributed by atoms with E-state index in [-0.39, 0.29) is 11.6 Å². The molecule has 0 bridgehead atoms. The number of hydrogen-bond donors (Lipinski definition) is 0. The predicted octanol–water partition coefficient (Wildman–Crippen LogP) is 2.66. The van der Waals surface area contributed by atoms with Crippen molar-refractivity contribution < 1.29 is 9.59 Å². The summed E-state index contributed by atoms with van der Waals surface area (Å²) in [5.74, 6) is 0.173. The highest BCUT2D eigenvalue weighted by Crippen LogP contribution is 2.30. The third-order valence-electron chi connectivity index (χ3n) is 3.62. The van der Waals surface area contributed by atoms with Gasteiger partial charge in [-0.2, -0.15) is 0 Å². The smallest absolute Gasteiger partial charge is 0.173 e. The Kier molecular flexibility index (Phi) is 3.67. The molecule has 1 aromatic rings. The molecule has 0 radical (unpaired) electrons. The molecule has 2 atom stereocenters. The van der Waals surface area contributed by atoms with Gasteiger partial charge in [0.1, 0.15) is 5.78 Å². The van der Waals surface area contributed by atoms with E-state index in [0.29, 0.717) is 17.9 Å². The summed E-state index contributed by atoms with van der Waals surface area (Å²) in [4.78, 5) is 27.9. The van der Waals surface area contributed by atoms with Gasteiger partial charge in [-0.3, -0.25) is 14.6 Å². The van der Waals surface area contributed by atoms with Crippen LogP contribution < -0.4 is 0 Å². The predicted molar refractivity (Wildman–Crippen MR) is 64.7 cm³/mol. The van der Waals surface area contributed by atoms with E-state index in [1.807, 2.05) is 0 Å². The van der Waals surface area contributed by atoms with Crippen molar-refractivity contribution >= 4 is 11.6 Å². The summed E-state index contributed by atoms with van der Waals surface area (Å²) in [5.41, 5.74) is 0.607. The Morgan fingerprint density at radius 3 is 2.76 bits per heavy atom. The van der Waals surface area contributed by atoms with Crippen molar-refractivity contribution in [1.29, 1.82) is 0 Å². The van der Waals surface area contributed by atoms with Crippen molar-refractivity contribution in [1.82, 2.24) is 4.98 Å². The molecule has 0 aliphatic heterocycles. The molecule has 3 nitrogen and oxygen atoms in total. The fourth-order valence-electron chi connectivity index (χ4n) is 2.44. The molecule has 2 unspecified atom stereocenters. The number of Topliss-reactive ketones (excluding diaryl/α,β-unsaturated/α-hetero) is 2. The lowest BCUT2D eigenvalue weighted by atomic mass is 9.76. The minimum absolute atomic E-state index is 0.0319. The van der Waals surface area contributed by atoms with Gasteiger partial charge in [0.15, 0.2) is 5.78 Å². The van der Waals surface area contributed by atoms with E-state index in [1.54, 1.807) is 24.5 Å². The highest BCUT2D eigenvalue weighted by molar-refractivity contribution is 6.10. The van der Waals surface area contributed by atoms with E-state index in [2.05, 4.69) is 11.9 Å². The molecule has 1 heterocycles. The average molecular weight is 231 g/mol. The van der Waals surface area contributed by atoms with Gasteiger partial charge in [0, 0.05) is 24.4 Å². The number of carbonyl (C=O) groups is 2. The summed E-state index contributed by atoms with van der Waals surface area (Å²) in [6, 6.07) is 3.37. The third-order valence-corrected chi connectivity index (χ3v) is 3.62. The molecule has 1 fully saturated rings. The minimum Gasteiger partial charge on any atom is -0.299 e.